The lowest BCUT2D eigenvalue weighted by molar-refractivity contribution is 0.0950. The fraction of sp³-hybridized carbons (Fsp3) is 0.364. The molecule has 1 aliphatic rings. The van der Waals surface area contributed by atoms with Crippen molar-refractivity contribution in [2.75, 3.05) is 7.11 Å². The highest BCUT2D eigenvalue weighted by Crippen LogP contribution is 2.35. The van der Waals surface area contributed by atoms with Gasteiger partial charge in [0.05, 0.1) is 11.6 Å². The smallest absolute Gasteiger partial charge is 0.265 e. The van der Waals surface area contributed by atoms with Gasteiger partial charge in [0.25, 0.3) is 15.0 Å². The molecule has 0 saturated heterocycles. The third-order valence-electron chi connectivity index (χ3n) is 2.65. The van der Waals surface area contributed by atoms with E-state index in [1.54, 1.807) is 0 Å². The molecule has 0 aliphatic heterocycles. The number of hydrogen-bond donors (Lipinski definition) is 1. The lowest BCUT2D eigenvalue weighted by Crippen LogP contribution is -2.25. The predicted molar refractivity (Wildman–Crippen MR) is 74.2 cm³/mol. The Labute approximate surface area is 123 Å². The summed E-state index contributed by atoms with van der Waals surface area (Å²) >= 11 is 3.17. The second-order valence-corrected chi connectivity index (χ2v) is 7.56. The van der Waals surface area contributed by atoms with E-state index in [1.165, 1.54) is 19.2 Å². The first-order valence-corrected chi connectivity index (χ1v) is 8.56. The summed E-state index contributed by atoms with van der Waals surface area (Å²) in [5, 5.41) is 2.78. The van der Waals surface area contributed by atoms with E-state index in [-0.39, 0.29) is 28.2 Å². The van der Waals surface area contributed by atoms with Crippen LogP contribution in [-0.2, 0) is 9.05 Å². The number of ether oxygens (including phenoxy) is 1. The molecule has 2 rings (SSSR count). The highest BCUT2D eigenvalue weighted by atomic mass is 79.9. The van der Waals surface area contributed by atoms with Crippen LogP contribution >= 0.6 is 26.6 Å². The number of carbonyl (C=O) groups is 1. The maximum atomic E-state index is 11.9. The minimum absolute atomic E-state index is 0.0815. The summed E-state index contributed by atoms with van der Waals surface area (Å²) in [6, 6.07) is 2.90. The van der Waals surface area contributed by atoms with Crippen LogP contribution < -0.4 is 10.1 Å². The summed E-state index contributed by atoms with van der Waals surface area (Å²) in [4.78, 5) is 11.7. The molecule has 5 nitrogen and oxygen atoms in total. The molecular weight excluding hydrogens is 358 g/mol. The number of amides is 1. The van der Waals surface area contributed by atoms with Gasteiger partial charge in [-0.15, -0.1) is 0 Å². The predicted octanol–water partition coefficient (Wildman–Crippen LogP) is 2.28. The second kappa shape index (κ2) is 5.30. The first kappa shape index (κ1) is 14.6. The third-order valence-corrected chi connectivity index (χ3v) is 4.57. The van der Waals surface area contributed by atoms with Crippen LogP contribution in [0.15, 0.2) is 21.5 Å². The number of rotatable bonds is 4. The molecule has 1 amide bonds. The normalized spacial score (nSPS) is 15.1. The average molecular weight is 369 g/mol. The number of benzene rings is 1. The molecule has 0 radical (unpaired) electrons. The van der Waals surface area contributed by atoms with Crippen LogP contribution in [0.3, 0.4) is 0 Å². The van der Waals surface area contributed by atoms with E-state index < -0.39 is 9.05 Å². The SMILES string of the molecule is COc1c(Br)cc(C(=O)NC2CC2)cc1S(=O)(=O)Cl. The zero-order valence-corrected chi connectivity index (χ0v) is 13.1. The number of nitrogens with one attached hydrogen (secondary N) is 1. The molecule has 0 bridgehead atoms. The summed E-state index contributed by atoms with van der Waals surface area (Å²) in [6.45, 7) is 0. The van der Waals surface area contributed by atoms with Gasteiger partial charge in [-0.1, -0.05) is 0 Å². The van der Waals surface area contributed by atoms with E-state index in [4.69, 9.17) is 15.4 Å². The Hall–Kier alpha value is -0.790. The van der Waals surface area contributed by atoms with Gasteiger partial charge in [-0.2, -0.15) is 0 Å². The molecule has 104 valence electrons. The van der Waals surface area contributed by atoms with E-state index in [2.05, 4.69) is 21.2 Å². The van der Waals surface area contributed by atoms with Crippen LogP contribution in [0.4, 0.5) is 0 Å². The van der Waals surface area contributed by atoms with E-state index in [0.29, 0.717) is 4.47 Å². The van der Waals surface area contributed by atoms with Gasteiger partial charge in [-0.25, -0.2) is 8.42 Å². The van der Waals surface area contributed by atoms with E-state index in [0.717, 1.165) is 12.8 Å². The quantitative estimate of drug-likeness (QED) is 0.828. The molecule has 0 unspecified atom stereocenters. The van der Waals surface area contributed by atoms with Gasteiger partial charge >= 0.3 is 0 Å². The van der Waals surface area contributed by atoms with Gasteiger partial charge in [0.15, 0.2) is 5.75 Å². The van der Waals surface area contributed by atoms with Crippen LogP contribution in [0, 0.1) is 0 Å². The Bertz CT molecular complexity index is 628. The first-order valence-electron chi connectivity index (χ1n) is 5.46. The molecule has 1 aromatic rings. The standard InChI is InChI=1S/C11H11BrClNO4S/c1-18-10-8(12)4-6(5-9(10)19(13,16)17)11(15)14-7-2-3-7/h4-5,7H,2-3H2,1H3,(H,14,15). The molecule has 0 atom stereocenters. The van der Waals surface area contributed by atoms with Gasteiger partial charge in [-0.05, 0) is 40.9 Å². The maximum absolute atomic E-state index is 11.9. The van der Waals surface area contributed by atoms with E-state index in [1.807, 2.05) is 0 Å². The molecular formula is C11H11BrClNO4S. The number of methoxy groups -OCH3 is 1. The fourth-order valence-electron chi connectivity index (χ4n) is 1.57. The van der Waals surface area contributed by atoms with Gasteiger partial charge in [0.2, 0.25) is 0 Å². The van der Waals surface area contributed by atoms with E-state index >= 15 is 0 Å². The molecule has 0 spiro atoms. The number of carbonyl (C=O) groups excluding carboxylic acids is 1. The van der Waals surface area contributed by atoms with Gasteiger partial charge in [-0.3, -0.25) is 4.79 Å². The Morgan fingerprint density at radius 1 is 1.47 bits per heavy atom. The molecule has 1 saturated carbocycles. The number of halogens is 2. The van der Waals surface area contributed by atoms with Crippen molar-refractivity contribution in [3.05, 3.63) is 22.2 Å². The van der Waals surface area contributed by atoms with Crippen LogP contribution in [0.25, 0.3) is 0 Å². The monoisotopic (exact) mass is 367 g/mol. The Balaban J connectivity index is 2.46. The van der Waals surface area contributed by atoms with Crippen molar-refractivity contribution in [3.8, 4) is 5.75 Å². The highest BCUT2D eigenvalue weighted by molar-refractivity contribution is 9.10. The number of hydrogen-bond acceptors (Lipinski definition) is 4. The van der Waals surface area contributed by atoms with Crippen LogP contribution in [0.2, 0.25) is 0 Å². The molecule has 1 aliphatic carbocycles. The minimum Gasteiger partial charge on any atom is -0.494 e. The van der Waals surface area contributed by atoms with Gasteiger partial charge in [0.1, 0.15) is 4.90 Å². The minimum atomic E-state index is -4.00. The molecule has 1 fully saturated rings. The molecule has 19 heavy (non-hydrogen) atoms. The molecule has 0 heterocycles. The topological polar surface area (TPSA) is 72.5 Å². The van der Waals surface area contributed by atoms with Crippen molar-refractivity contribution in [1.82, 2.24) is 5.32 Å². The Morgan fingerprint density at radius 3 is 2.58 bits per heavy atom. The molecule has 1 aromatic carbocycles. The zero-order valence-electron chi connectivity index (χ0n) is 9.94. The van der Waals surface area contributed by atoms with Crippen LogP contribution in [-0.4, -0.2) is 27.5 Å². The fourth-order valence-corrected chi connectivity index (χ4v) is 3.35. The summed E-state index contributed by atoms with van der Waals surface area (Å²) in [5.74, 6) is -0.245. The van der Waals surface area contributed by atoms with Crippen LogP contribution in [0.5, 0.6) is 5.75 Å². The second-order valence-electron chi connectivity index (χ2n) is 4.18. The Morgan fingerprint density at radius 2 is 2.11 bits per heavy atom. The molecule has 0 aromatic heterocycles. The van der Waals surface area contributed by atoms with Crippen molar-refractivity contribution in [2.24, 2.45) is 0 Å². The summed E-state index contributed by atoms with van der Waals surface area (Å²) in [5.41, 5.74) is 0.221. The van der Waals surface area contributed by atoms with Crippen LogP contribution in [0.1, 0.15) is 23.2 Å². The maximum Gasteiger partial charge on any atom is 0.265 e. The zero-order chi connectivity index (χ0) is 14.2. The molecule has 1 N–H and O–H groups in total. The van der Waals surface area contributed by atoms with E-state index in [9.17, 15) is 13.2 Å². The van der Waals surface area contributed by atoms with Crippen molar-refractivity contribution in [3.63, 3.8) is 0 Å². The largest absolute Gasteiger partial charge is 0.494 e. The lowest BCUT2D eigenvalue weighted by Gasteiger charge is -2.11. The van der Waals surface area contributed by atoms with Gasteiger partial charge in [0, 0.05) is 22.3 Å². The van der Waals surface area contributed by atoms with Gasteiger partial charge < -0.3 is 10.1 Å². The van der Waals surface area contributed by atoms with Crippen molar-refractivity contribution in [1.29, 1.82) is 0 Å². The van der Waals surface area contributed by atoms with Crippen molar-refractivity contribution >= 4 is 41.6 Å². The first-order chi connectivity index (χ1) is 8.82. The molecule has 8 heteroatoms. The van der Waals surface area contributed by atoms with Crippen molar-refractivity contribution in [2.45, 2.75) is 23.8 Å². The Kier molecular flexibility index (Phi) is 4.08. The summed E-state index contributed by atoms with van der Waals surface area (Å²) in [6.07, 6.45) is 1.90. The summed E-state index contributed by atoms with van der Waals surface area (Å²) < 4.78 is 28.4. The summed E-state index contributed by atoms with van der Waals surface area (Å²) in [7, 11) is 2.68. The average Bonchev–Trinajstić information content (AvgIpc) is 3.10. The highest BCUT2D eigenvalue weighted by Gasteiger charge is 2.26. The third kappa shape index (κ3) is 3.40. The van der Waals surface area contributed by atoms with Crippen molar-refractivity contribution < 1.29 is 17.9 Å². The lowest BCUT2D eigenvalue weighted by atomic mass is 10.2.